The van der Waals surface area contributed by atoms with Gasteiger partial charge in [0.1, 0.15) is 6.42 Å². The van der Waals surface area contributed by atoms with Gasteiger partial charge < -0.3 is 9.47 Å². The Hall–Kier alpha value is -2.10. The minimum absolute atomic E-state index is 0.175. The Labute approximate surface area is 106 Å². The highest BCUT2D eigenvalue weighted by molar-refractivity contribution is 6.06. The van der Waals surface area contributed by atoms with E-state index in [-0.39, 0.29) is 18.0 Å². The highest BCUT2D eigenvalue weighted by Gasteiger charge is 2.15. The lowest BCUT2D eigenvalue weighted by Crippen LogP contribution is -2.13. The summed E-state index contributed by atoms with van der Waals surface area (Å²) in [5, 5.41) is 0. The Bertz CT molecular complexity index is 434. The van der Waals surface area contributed by atoms with E-state index in [1.165, 1.54) is 7.11 Å². The zero-order valence-electron chi connectivity index (χ0n) is 10.5. The number of hydrogen-bond donors (Lipinski definition) is 0. The zero-order chi connectivity index (χ0) is 13.4. The van der Waals surface area contributed by atoms with Gasteiger partial charge in [-0.05, 0) is 18.6 Å². The summed E-state index contributed by atoms with van der Waals surface area (Å²) in [4.78, 5) is 22.9. The van der Waals surface area contributed by atoms with E-state index in [0.717, 1.165) is 5.56 Å². The van der Waals surface area contributed by atoms with Gasteiger partial charge in [0, 0.05) is 0 Å². The molecule has 0 aliphatic carbocycles. The highest BCUT2D eigenvalue weighted by Crippen LogP contribution is 2.10. The van der Waals surface area contributed by atoms with Crippen molar-refractivity contribution in [2.45, 2.75) is 13.3 Å². The number of carbonyl (C=O) groups is 2. The van der Waals surface area contributed by atoms with E-state index in [0.29, 0.717) is 6.61 Å². The third-order valence-corrected chi connectivity index (χ3v) is 2.20. The van der Waals surface area contributed by atoms with Crippen LogP contribution in [-0.2, 0) is 19.1 Å². The summed E-state index contributed by atoms with van der Waals surface area (Å²) >= 11 is 0. The fraction of sp³-hybridized carbons (Fsp3) is 0.286. The van der Waals surface area contributed by atoms with Crippen molar-refractivity contribution in [3.63, 3.8) is 0 Å². The van der Waals surface area contributed by atoms with E-state index >= 15 is 0 Å². The first-order valence-electron chi connectivity index (χ1n) is 5.67. The number of benzene rings is 1. The van der Waals surface area contributed by atoms with E-state index in [2.05, 4.69) is 4.74 Å². The average molecular weight is 248 g/mol. The molecule has 0 unspecified atom stereocenters. The first-order chi connectivity index (χ1) is 8.67. The molecule has 0 radical (unpaired) electrons. The van der Waals surface area contributed by atoms with Gasteiger partial charge in [-0.1, -0.05) is 30.3 Å². The molecule has 18 heavy (non-hydrogen) atoms. The van der Waals surface area contributed by atoms with Gasteiger partial charge in [0.2, 0.25) is 5.78 Å². The van der Waals surface area contributed by atoms with E-state index < -0.39 is 5.97 Å². The van der Waals surface area contributed by atoms with E-state index in [1.54, 1.807) is 13.0 Å². The average Bonchev–Trinajstić information content (AvgIpc) is 2.39. The molecule has 0 atom stereocenters. The van der Waals surface area contributed by atoms with Gasteiger partial charge in [0.05, 0.1) is 13.7 Å². The van der Waals surface area contributed by atoms with Crippen LogP contribution >= 0.6 is 0 Å². The Kier molecular flexibility index (Phi) is 5.64. The molecule has 0 aliphatic heterocycles. The van der Waals surface area contributed by atoms with Gasteiger partial charge in [-0.2, -0.15) is 0 Å². The van der Waals surface area contributed by atoms with Crippen LogP contribution in [-0.4, -0.2) is 25.5 Å². The molecule has 1 aromatic carbocycles. The minimum Gasteiger partial charge on any atom is -0.490 e. The second kappa shape index (κ2) is 7.27. The zero-order valence-corrected chi connectivity index (χ0v) is 10.5. The number of ketones is 1. The summed E-state index contributed by atoms with van der Waals surface area (Å²) in [7, 11) is 1.25. The van der Waals surface area contributed by atoms with E-state index in [4.69, 9.17) is 4.74 Å². The number of methoxy groups -OCH3 is 1. The Balaban J connectivity index is 2.85. The number of allylic oxidation sites excluding steroid dienone is 1. The molecule has 1 rings (SSSR count). The molecule has 0 bridgehead atoms. The molecule has 1 aromatic rings. The van der Waals surface area contributed by atoms with Crippen molar-refractivity contribution in [2.75, 3.05) is 13.7 Å². The third-order valence-electron chi connectivity index (χ3n) is 2.20. The summed E-state index contributed by atoms with van der Waals surface area (Å²) in [5.41, 5.74) is 0.846. The maximum absolute atomic E-state index is 11.8. The summed E-state index contributed by atoms with van der Waals surface area (Å²) in [5.74, 6) is -0.777. The minimum atomic E-state index is -0.571. The van der Waals surface area contributed by atoms with Gasteiger partial charge >= 0.3 is 5.97 Å². The lowest BCUT2D eigenvalue weighted by molar-refractivity contribution is -0.143. The summed E-state index contributed by atoms with van der Waals surface area (Å²) in [6.07, 6.45) is 1.31. The summed E-state index contributed by atoms with van der Waals surface area (Å²) in [6.45, 7) is 2.15. The molecule has 0 saturated heterocycles. The topological polar surface area (TPSA) is 52.6 Å². The molecule has 0 aromatic heterocycles. The van der Waals surface area contributed by atoms with Crippen molar-refractivity contribution in [3.05, 3.63) is 41.7 Å². The van der Waals surface area contributed by atoms with Crippen LogP contribution in [0.1, 0.15) is 18.9 Å². The van der Waals surface area contributed by atoms with Crippen LogP contribution in [0.3, 0.4) is 0 Å². The van der Waals surface area contributed by atoms with Gasteiger partial charge in [0.15, 0.2) is 5.76 Å². The van der Waals surface area contributed by atoms with Gasteiger partial charge in [-0.25, -0.2) is 0 Å². The van der Waals surface area contributed by atoms with Crippen molar-refractivity contribution >= 4 is 17.8 Å². The molecule has 0 aliphatic rings. The Morgan fingerprint density at radius 1 is 1.22 bits per heavy atom. The molecule has 0 N–H and O–H groups in total. The van der Waals surface area contributed by atoms with E-state index in [1.807, 2.05) is 30.3 Å². The number of rotatable bonds is 6. The standard InChI is InChI=1S/C14H16O4/c1-3-18-13(12(15)10-14(16)17-2)9-11-7-5-4-6-8-11/h4-9H,3,10H2,1-2H3. The highest BCUT2D eigenvalue weighted by atomic mass is 16.5. The quantitative estimate of drug-likeness (QED) is 0.335. The van der Waals surface area contributed by atoms with Crippen LogP contribution < -0.4 is 0 Å². The second-order valence-corrected chi connectivity index (χ2v) is 3.53. The SMILES string of the molecule is CCOC(=Cc1ccccc1)C(=O)CC(=O)OC. The van der Waals surface area contributed by atoms with Crippen molar-refractivity contribution in [1.29, 1.82) is 0 Å². The summed E-state index contributed by atoms with van der Waals surface area (Å²) < 4.78 is 9.71. The molecule has 0 heterocycles. The number of hydrogen-bond acceptors (Lipinski definition) is 4. The monoisotopic (exact) mass is 248 g/mol. The van der Waals surface area contributed by atoms with E-state index in [9.17, 15) is 9.59 Å². The van der Waals surface area contributed by atoms with Gasteiger partial charge in [-0.15, -0.1) is 0 Å². The van der Waals surface area contributed by atoms with Crippen molar-refractivity contribution in [3.8, 4) is 0 Å². The van der Waals surface area contributed by atoms with Gasteiger partial charge in [-0.3, -0.25) is 9.59 Å². The molecule has 0 spiro atoms. The lowest BCUT2D eigenvalue weighted by Gasteiger charge is -2.07. The second-order valence-electron chi connectivity index (χ2n) is 3.53. The molecule has 0 fully saturated rings. The predicted molar refractivity (Wildman–Crippen MR) is 67.7 cm³/mol. The number of ether oxygens (including phenoxy) is 2. The number of esters is 1. The van der Waals surface area contributed by atoms with Crippen molar-refractivity contribution in [1.82, 2.24) is 0 Å². The molecule has 0 saturated carbocycles. The predicted octanol–water partition coefficient (Wildman–Crippen LogP) is 2.20. The smallest absolute Gasteiger partial charge is 0.313 e. The van der Waals surface area contributed by atoms with Crippen LogP contribution in [0.25, 0.3) is 6.08 Å². The lowest BCUT2D eigenvalue weighted by atomic mass is 10.1. The Morgan fingerprint density at radius 2 is 1.89 bits per heavy atom. The van der Waals surface area contributed by atoms with Crippen LogP contribution in [0.2, 0.25) is 0 Å². The molecule has 4 heteroatoms. The third kappa shape index (κ3) is 4.41. The van der Waals surface area contributed by atoms with Gasteiger partial charge in [0.25, 0.3) is 0 Å². The number of carbonyl (C=O) groups excluding carboxylic acids is 2. The van der Waals surface area contributed by atoms with Crippen LogP contribution in [0.5, 0.6) is 0 Å². The fourth-order valence-electron chi connectivity index (χ4n) is 1.35. The molecule has 0 amide bonds. The van der Waals surface area contributed by atoms with Crippen LogP contribution in [0.15, 0.2) is 36.1 Å². The van der Waals surface area contributed by atoms with Crippen LogP contribution in [0, 0.1) is 0 Å². The first-order valence-corrected chi connectivity index (χ1v) is 5.67. The summed E-state index contributed by atoms with van der Waals surface area (Å²) in [6, 6.07) is 9.31. The van der Waals surface area contributed by atoms with Crippen molar-refractivity contribution in [2.24, 2.45) is 0 Å². The number of Topliss-reactive ketones (excluding diaryl/α,β-unsaturated/α-hetero) is 1. The fourth-order valence-corrected chi connectivity index (χ4v) is 1.35. The molecule has 4 nitrogen and oxygen atoms in total. The first kappa shape index (κ1) is 14.0. The maximum Gasteiger partial charge on any atom is 0.313 e. The molecule has 96 valence electrons. The normalized spacial score (nSPS) is 10.9. The molecular formula is C14H16O4. The Morgan fingerprint density at radius 3 is 2.44 bits per heavy atom. The maximum atomic E-state index is 11.8. The van der Waals surface area contributed by atoms with Crippen molar-refractivity contribution < 1.29 is 19.1 Å². The molecular weight excluding hydrogens is 232 g/mol. The van der Waals surface area contributed by atoms with Crippen LogP contribution in [0.4, 0.5) is 0 Å². The largest absolute Gasteiger partial charge is 0.490 e.